The van der Waals surface area contributed by atoms with Crippen LogP contribution >= 0.6 is 0 Å². The summed E-state index contributed by atoms with van der Waals surface area (Å²) < 4.78 is 12.2. The summed E-state index contributed by atoms with van der Waals surface area (Å²) in [6.07, 6.45) is 5.60. The molecule has 162 valence electrons. The first kappa shape index (κ1) is 22.4. The Labute approximate surface area is 177 Å². The first-order chi connectivity index (χ1) is 13.5. The van der Waals surface area contributed by atoms with Crippen LogP contribution in [0.5, 0.6) is 5.75 Å². The van der Waals surface area contributed by atoms with Gasteiger partial charge in [-0.25, -0.2) is 4.79 Å². The van der Waals surface area contributed by atoms with Gasteiger partial charge in [0.2, 0.25) is 0 Å². The van der Waals surface area contributed by atoms with E-state index in [1.807, 2.05) is 0 Å². The predicted octanol–water partition coefficient (Wildman–Crippen LogP) is 5.71. The number of hydrogen-bond acceptors (Lipinski definition) is 4. The predicted molar refractivity (Wildman–Crippen MR) is 119 cm³/mol. The van der Waals surface area contributed by atoms with E-state index in [2.05, 4.69) is 47.7 Å². The molecule has 0 saturated heterocycles. The zero-order valence-electron chi connectivity index (χ0n) is 19.3. The largest absolute Gasteiger partial charge is 0.543 e. The number of carbonyl (C=O) groups is 1. The Morgan fingerprint density at radius 2 is 1.83 bits per heavy atom. The van der Waals surface area contributed by atoms with Crippen LogP contribution in [-0.4, -0.2) is 25.5 Å². The van der Waals surface area contributed by atoms with E-state index in [1.54, 1.807) is 0 Å². The molecule has 4 nitrogen and oxygen atoms in total. The van der Waals surface area contributed by atoms with Gasteiger partial charge in [0.1, 0.15) is 17.9 Å². The summed E-state index contributed by atoms with van der Waals surface area (Å²) in [6, 6.07) is 0. The quantitative estimate of drug-likeness (QED) is 0.475. The van der Waals surface area contributed by atoms with Gasteiger partial charge in [0.15, 0.2) is 0 Å². The SMILES string of the molecule is CCc1c(C)c2c(c(O[Si](C)(C)C(C)(C)C)c1CC(O)C1CCCC1)C(=O)OC2. The van der Waals surface area contributed by atoms with Gasteiger partial charge < -0.3 is 14.3 Å². The van der Waals surface area contributed by atoms with Gasteiger partial charge in [0, 0.05) is 12.0 Å². The maximum atomic E-state index is 12.7. The van der Waals surface area contributed by atoms with E-state index in [1.165, 1.54) is 18.4 Å². The second-order valence-corrected chi connectivity index (χ2v) is 15.1. The lowest BCUT2D eigenvalue weighted by Crippen LogP contribution is -2.44. The van der Waals surface area contributed by atoms with E-state index in [-0.39, 0.29) is 17.1 Å². The van der Waals surface area contributed by atoms with Crippen LogP contribution in [0.1, 0.15) is 86.0 Å². The van der Waals surface area contributed by atoms with Crippen molar-refractivity contribution < 1.29 is 19.1 Å². The molecule has 0 amide bonds. The molecule has 0 spiro atoms. The number of esters is 1. The fourth-order valence-corrected chi connectivity index (χ4v) is 5.60. The zero-order chi connectivity index (χ0) is 21.6. The molecule has 1 atom stereocenters. The number of fused-ring (bicyclic) bond motifs is 1. The number of aliphatic hydroxyl groups excluding tert-OH is 1. The standard InChI is InChI=1S/C24H38O4Si/c1-8-17-15(2)19-14-27-23(26)21(19)22(28-29(6,7)24(3,4)5)18(17)13-20(25)16-11-9-10-12-16/h16,20,25H,8-14H2,1-7H3. The lowest BCUT2D eigenvalue weighted by molar-refractivity contribution is 0.0533. The second kappa shape index (κ2) is 8.07. The van der Waals surface area contributed by atoms with Crippen molar-refractivity contribution in [2.75, 3.05) is 0 Å². The number of hydrogen-bond donors (Lipinski definition) is 1. The highest BCUT2D eigenvalue weighted by Gasteiger charge is 2.42. The van der Waals surface area contributed by atoms with E-state index >= 15 is 0 Å². The first-order valence-electron chi connectivity index (χ1n) is 11.2. The van der Waals surface area contributed by atoms with Gasteiger partial charge in [0.05, 0.1) is 6.10 Å². The zero-order valence-corrected chi connectivity index (χ0v) is 20.3. The molecular weight excluding hydrogens is 380 g/mol. The molecule has 1 heterocycles. The second-order valence-electron chi connectivity index (χ2n) is 10.4. The smallest absolute Gasteiger partial charge is 0.342 e. The van der Waals surface area contributed by atoms with Crippen LogP contribution in [0.4, 0.5) is 0 Å². The molecule has 1 unspecified atom stereocenters. The molecule has 1 aromatic carbocycles. The van der Waals surface area contributed by atoms with E-state index < -0.39 is 8.32 Å². The molecule has 2 aliphatic rings. The van der Waals surface area contributed by atoms with Crippen molar-refractivity contribution in [3.63, 3.8) is 0 Å². The molecule has 29 heavy (non-hydrogen) atoms. The first-order valence-corrected chi connectivity index (χ1v) is 14.1. The number of carbonyl (C=O) groups excluding carboxylic acids is 1. The van der Waals surface area contributed by atoms with E-state index in [0.717, 1.165) is 36.0 Å². The Bertz CT molecular complexity index is 785. The van der Waals surface area contributed by atoms with Crippen LogP contribution in [-0.2, 0) is 24.2 Å². The van der Waals surface area contributed by atoms with E-state index in [9.17, 15) is 9.90 Å². The molecule has 5 heteroatoms. The number of aliphatic hydroxyl groups is 1. The van der Waals surface area contributed by atoms with Crippen molar-refractivity contribution in [3.8, 4) is 5.75 Å². The lowest BCUT2D eigenvalue weighted by Gasteiger charge is -2.38. The minimum atomic E-state index is -2.17. The Morgan fingerprint density at radius 1 is 1.21 bits per heavy atom. The van der Waals surface area contributed by atoms with E-state index in [0.29, 0.717) is 30.3 Å². The third kappa shape index (κ3) is 4.13. The summed E-state index contributed by atoms with van der Waals surface area (Å²) in [7, 11) is -2.17. The Kier molecular flexibility index (Phi) is 6.22. The van der Waals surface area contributed by atoms with Crippen molar-refractivity contribution >= 4 is 14.3 Å². The fourth-order valence-electron chi connectivity index (χ4n) is 4.56. The lowest BCUT2D eigenvalue weighted by atomic mass is 9.86. The molecule has 1 aliphatic carbocycles. The van der Waals surface area contributed by atoms with Crippen molar-refractivity contribution in [2.45, 2.75) is 104 Å². The highest BCUT2D eigenvalue weighted by atomic mass is 28.4. The highest BCUT2D eigenvalue weighted by molar-refractivity contribution is 6.74. The minimum Gasteiger partial charge on any atom is -0.543 e. The molecular formula is C24H38O4Si. The Morgan fingerprint density at radius 3 is 2.38 bits per heavy atom. The summed E-state index contributed by atoms with van der Waals surface area (Å²) in [6.45, 7) is 15.6. The Balaban J connectivity index is 2.14. The maximum Gasteiger partial charge on any atom is 0.342 e. The molecule has 1 aliphatic heterocycles. The summed E-state index contributed by atoms with van der Waals surface area (Å²) in [5.41, 5.74) is 4.96. The molecule has 0 radical (unpaired) electrons. The monoisotopic (exact) mass is 418 g/mol. The number of rotatable bonds is 6. The van der Waals surface area contributed by atoms with Crippen molar-refractivity contribution in [3.05, 3.63) is 27.8 Å². The van der Waals surface area contributed by atoms with Gasteiger partial charge in [-0.1, -0.05) is 40.5 Å². The topological polar surface area (TPSA) is 55.8 Å². The molecule has 0 aromatic heterocycles. The maximum absolute atomic E-state index is 12.7. The highest BCUT2D eigenvalue weighted by Crippen LogP contribution is 2.45. The van der Waals surface area contributed by atoms with Crippen molar-refractivity contribution in [1.82, 2.24) is 0 Å². The normalized spacial score (nSPS) is 18.7. The van der Waals surface area contributed by atoms with Crippen molar-refractivity contribution in [1.29, 1.82) is 0 Å². The number of benzene rings is 1. The Hall–Kier alpha value is -1.33. The molecule has 1 fully saturated rings. The average molecular weight is 419 g/mol. The van der Waals surface area contributed by atoms with Crippen LogP contribution in [0, 0.1) is 12.8 Å². The molecule has 3 rings (SSSR count). The van der Waals surface area contributed by atoms with Gasteiger partial charge in [-0.15, -0.1) is 0 Å². The van der Waals surface area contributed by atoms with Crippen LogP contribution in [0.25, 0.3) is 0 Å². The summed E-state index contributed by atoms with van der Waals surface area (Å²) in [5.74, 6) is 0.769. The molecule has 1 saturated carbocycles. The van der Waals surface area contributed by atoms with Gasteiger partial charge in [-0.2, -0.15) is 0 Å². The van der Waals surface area contributed by atoms with Gasteiger partial charge in [-0.3, -0.25) is 0 Å². The van der Waals surface area contributed by atoms with Gasteiger partial charge >= 0.3 is 5.97 Å². The van der Waals surface area contributed by atoms with Crippen LogP contribution < -0.4 is 4.43 Å². The molecule has 0 bridgehead atoms. The van der Waals surface area contributed by atoms with Crippen LogP contribution in [0.15, 0.2) is 0 Å². The fraction of sp³-hybridized carbons (Fsp3) is 0.708. The molecule has 1 aromatic rings. The summed E-state index contributed by atoms with van der Waals surface area (Å²) in [5, 5.41) is 11.1. The van der Waals surface area contributed by atoms with Gasteiger partial charge in [-0.05, 0) is 66.9 Å². The third-order valence-corrected chi connectivity index (χ3v) is 11.8. The minimum absolute atomic E-state index is 0.0149. The van der Waals surface area contributed by atoms with E-state index in [4.69, 9.17) is 9.16 Å². The number of cyclic esters (lactones) is 1. The van der Waals surface area contributed by atoms with Crippen LogP contribution in [0.2, 0.25) is 18.1 Å². The molecule has 1 N–H and O–H groups in total. The summed E-state index contributed by atoms with van der Waals surface area (Å²) >= 11 is 0. The van der Waals surface area contributed by atoms with Gasteiger partial charge in [0.25, 0.3) is 8.32 Å². The van der Waals surface area contributed by atoms with Crippen LogP contribution in [0.3, 0.4) is 0 Å². The number of ether oxygens (including phenoxy) is 1. The average Bonchev–Trinajstić information content (AvgIpc) is 3.27. The summed E-state index contributed by atoms with van der Waals surface area (Å²) in [4.78, 5) is 12.7. The third-order valence-electron chi connectivity index (χ3n) is 7.50. The van der Waals surface area contributed by atoms with Crippen molar-refractivity contribution in [2.24, 2.45) is 5.92 Å².